The highest BCUT2D eigenvalue weighted by atomic mass is 19.1. The Morgan fingerprint density at radius 2 is 1.77 bits per heavy atom. The number of benzene rings is 2. The Labute approximate surface area is 196 Å². The van der Waals surface area contributed by atoms with Crippen LogP contribution in [0.1, 0.15) is 38.4 Å². The van der Waals surface area contributed by atoms with Crippen LogP contribution in [0, 0.1) is 23.3 Å². The molecular formula is C24H19F4N3O4. The van der Waals surface area contributed by atoms with Gasteiger partial charge in [0.2, 0.25) is 5.43 Å². The van der Waals surface area contributed by atoms with E-state index in [1.54, 1.807) is 0 Å². The smallest absolute Gasteiger partial charge is 0.278 e. The highest BCUT2D eigenvalue weighted by molar-refractivity contribution is 6.07. The standard InChI is InChI=1S/C24H19F4N3O4/c1-30-19-6-2-5-16(26)13(19)4-3-7-31-11-15(21(32)22(33)20(31)24(30)35)23(34)29-10-14-17(27)8-12(25)9-18(14)28/h2,5-6,8-9,11,33H,3-4,7,10H2,1H3,(H,29,34). The average molecular weight is 489 g/mol. The van der Waals surface area contributed by atoms with E-state index in [0.717, 1.165) is 11.1 Å². The summed E-state index contributed by atoms with van der Waals surface area (Å²) in [7, 11) is 1.37. The molecule has 1 aliphatic rings. The molecule has 0 atom stereocenters. The lowest BCUT2D eigenvalue weighted by molar-refractivity contribution is 0.0941. The second-order valence-electron chi connectivity index (χ2n) is 8.00. The fourth-order valence-corrected chi connectivity index (χ4v) is 4.02. The van der Waals surface area contributed by atoms with Crippen molar-refractivity contribution in [3.63, 3.8) is 0 Å². The number of fused-ring (bicyclic) bond motifs is 2. The van der Waals surface area contributed by atoms with Gasteiger partial charge in [-0.3, -0.25) is 14.4 Å². The van der Waals surface area contributed by atoms with E-state index in [0.29, 0.717) is 24.1 Å². The van der Waals surface area contributed by atoms with E-state index in [1.807, 2.05) is 0 Å². The molecule has 2 heterocycles. The molecule has 0 aliphatic carbocycles. The molecule has 0 saturated heterocycles. The molecule has 182 valence electrons. The SMILES string of the molecule is CN1C(=O)c2c(O)c(=O)c(C(=O)NCc3c(F)cc(F)cc3F)cn2CCCc2c(F)cccc21. The molecule has 4 rings (SSSR count). The van der Waals surface area contributed by atoms with Crippen molar-refractivity contribution in [3.8, 4) is 5.75 Å². The molecule has 7 nitrogen and oxygen atoms in total. The molecule has 2 amide bonds. The number of nitrogens with zero attached hydrogens (tertiary/aromatic N) is 2. The predicted octanol–water partition coefficient (Wildman–Crippen LogP) is 3.26. The number of aromatic nitrogens is 1. The number of carbonyl (C=O) groups excluding carboxylic acids is 2. The van der Waals surface area contributed by atoms with E-state index in [2.05, 4.69) is 5.32 Å². The molecule has 2 aromatic carbocycles. The van der Waals surface area contributed by atoms with Gasteiger partial charge in [-0.25, -0.2) is 17.6 Å². The Bertz CT molecular complexity index is 1400. The quantitative estimate of drug-likeness (QED) is 0.553. The maximum Gasteiger partial charge on any atom is 0.278 e. The van der Waals surface area contributed by atoms with Crippen LogP contribution in [0.25, 0.3) is 0 Å². The summed E-state index contributed by atoms with van der Waals surface area (Å²) >= 11 is 0. The first-order valence-electron chi connectivity index (χ1n) is 10.5. The number of aryl methyl sites for hydroxylation is 1. The summed E-state index contributed by atoms with van der Waals surface area (Å²) in [5.41, 5.74) is -2.19. The Hall–Kier alpha value is -4.15. The molecule has 1 aliphatic heterocycles. The number of hydrogen-bond donors (Lipinski definition) is 2. The highest BCUT2D eigenvalue weighted by Crippen LogP contribution is 2.29. The van der Waals surface area contributed by atoms with E-state index in [1.165, 1.54) is 29.8 Å². The Morgan fingerprint density at radius 1 is 1.09 bits per heavy atom. The normalized spacial score (nSPS) is 13.4. The second kappa shape index (κ2) is 9.24. The number of anilines is 1. The predicted molar refractivity (Wildman–Crippen MR) is 117 cm³/mol. The van der Waals surface area contributed by atoms with Crippen LogP contribution in [0.2, 0.25) is 0 Å². The molecule has 0 spiro atoms. The van der Waals surface area contributed by atoms with Crippen molar-refractivity contribution in [2.24, 2.45) is 0 Å². The zero-order valence-corrected chi connectivity index (χ0v) is 18.4. The number of nitrogens with one attached hydrogen (secondary N) is 1. The first-order chi connectivity index (χ1) is 16.6. The fourth-order valence-electron chi connectivity index (χ4n) is 4.02. The van der Waals surface area contributed by atoms with E-state index < -0.39 is 63.9 Å². The summed E-state index contributed by atoms with van der Waals surface area (Å²) in [6.07, 6.45) is 1.59. The van der Waals surface area contributed by atoms with E-state index >= 15 is 0 Å². The molecule has 3 aromatic rings. The minimum Gasteiger partial charge on any atom is -0.503 e. The van der Waals surface area contributed by atoms with Crippen molar-refractivity contribution in [2.75, 3.05) is 11.9 Å². The van der Waals surface area contributed by atoms with Gasteiger partial charge in [-0.15, -0.1) is 0 Å². The van der Waals surface area contributed by atoms with Crippen LogP contribution in [0.15, 0.2) is 41.3 Å². The first kappa shape index (κ1) is 24.0. The summed E-state index contributed by atoms with van der Waals surface area (Å²) in [6, 6.07) is 5.13. The van der Waals surface area contributed by atoms with E-state index in [4.69, 9.17) is 0 Å². The lowest BCUT2D eigenvalue weighted by Crippen LogP contribution is -2.34. The van der Waals surface area contributed by atoms with Gasteiger partial charge in [-0.1, -0.05) is 6.07 Å². The zero-order chi connectivity index (χ0) is 25.4. The number of hydrogen-bond acceptors (Lipinski definition) is 4. The van der Waals surface area contributed by atoms with Crippen molar-refractivity contribution >= 4 is 17.5 Å². The first-order valence-corrected chi connectivity index (χ1v) is 10.5. The van der Waals surface area contributed by atoms with E-state index in [9.17, 15) is 37.1 Å². The molecule has 2 N–H and O–H groups in total. The summed E-state index contributed by atoms with van der Waals surface area (Å²) in [5, 5.41) is 12.7. The Morgan fingerprint density at radius 3 is 2.46 bits per heavy atom. The second-order valence-corrected chi connectivity index (χ2v) is 8.00. The molecule has 0 radical (unpaired) electrons. The summed E-state index contributed by atoms with van der Waals surface area (Å²) in [4.78, 5) is 39.7. The number of pyridine rings is 1. The topological polar surface area (TPSA) is 91.6 Å². The van der Waals surface area contributed by atoms with Crippen LogP contribution in [-0.4, -0.2) is 28.5 Å². The molecule has 0 bridgehead atoms. The van der Waals surface area contributed by atoms with Gasteiger partial charge in [0.15, 0.2) is 11.4 Å². The van der Waals surface area contributed by atoms with Gasteiger partial charge in [-0.05, 0) is 25.0 Å². The molecular weight excluding hydrogens is 470 g/mol. The van der Waals surface area contributed by atoms with Crippen LogP contribution < -0.4 is 15.6 Å². The molecule has 0 saturated carbocycles. The number of aromatic hydroxyl groups is 1. The number of halogens is 4. The summed E-state index contributed by atoms with van der Waals surface area (Å²) in [5.74, 6) is -6.95. The maximum atomic E-state index is 14.4. The van der Waals surface area contributed by atoms with Crippen molar-refractivity contribution in [1.82, 2.24) is 9.88 Å². The van der Waals surface area contributed by atoms with Gasteiger partial charge in [-0.2, -0.15) is 0 Å². The minimum atomic E-state index is -1.22. The van der Waals surface area contributed by atoms with Gasteiger partial charge >= 0.3 is 0 Å². The van der Waals surface area contributed by atoms with Gasteiger partial charge in [0.25, 0.3) is 11.8 Å². The summed E-state index contributed by atoms with van der Waals surface area (Å²) < 4.78 is 56.4. The van der Waals surface area contributed by atoms with Crippen molar-refractivity contribution < 1.29 is 32.3 Å². The lowest BCUT2D eigenvalue weighted by atomic mass is 10.1. The lowest BCUT2D eigenvalue weighted by Gasteiger charge is -2.22. The third-order valence-electron chi connectivity index (χ3n) is 5.82. The monoisotopic (exact) mass is 489 g/mol. The molecule has 1 aromatic heterocycles. The third kappa shape index (κ3) is 4.36. The fraction of sp³-hybridized carbons (Fsp3) is 0.208. The zero-order valence-electron chi connectivity index (χ0n) is 18.4. The minimum absolute atomic E-state index is 0.0536. The molecule has 35 heavy (non-hydrogen) atoms. The molecule has 0 fully saturated rings. The Balaban J connectivity index is 1.69. The van der Waals surface area contributed by atoms with Crippen molar-refractivity contribution in [2.45, 2.75) is 25.9 Å². The van der Waals surface area contributed by atoms with Crippen LogP contribution in [0.5, 0.6) is 5.75 Å². The number of carbonyl (C=O) groups is 2. The molecule has 0 unspecified atom stereocenters. The van der Waals surface area contributed by atoms with Gasteiger partial charge in [0.05, 0.1) is 0 Å². The third-order valence-corrected chi connectivity index (χ3v) is 5.82. The average Bonchev–Trinajstić information content (AvgIpc) is 2.84. The van der Waals surface area contributed by atoms with Crippen LogP contribution in [0.3, 0.4) is 0 Å². The number of amides is 2. The van der Waals surface area contributed by atoms with Crippen LogP contribution >= 0.6 is 0 Å². The Kier molecular flexibility index (Phi) is 6.33. The number of rotatable bonds is 3. The molecule has 11 heteroatoms. The maximum absolute atomic E-state index is 14.4. The summed E-state index contributed by atoms with van der Waals surface area (Å²) in [6.45, 7) is -0.646. The largest absolute Gasteiger partial charge is 0.503 e. The van der Waals surface area contributed by atoms with Crippen LogP contribution in [0.4, 0.5) is 23.2 Å². The van der Waals surface area contributed by atoms with Crippen LogP contribution in [-0.2, 0) is 19.5 Å². The van der Waals surface area contributed by atoms with Gasteiger partial charge < -0.3 is 19.9 Å². The van der Waals surface area contributed by atoms with E-state index in [-0.39, 0.29) is 24.3 Å². The van der Waals surface area contributed by atoms with Crippen molar-refractivity contribution in [1.29, 1.82) is 0 Å². The van der Waals surface area contributed by atoms with Crippen molar-refractivity contribution in [3.05, 3.63) is 92.4 Å². The van der Waals surface area contributed by atoms with Gasteiger partial charge in [0.1, 0.15) is 28.8 Å². The highest BCUT2D eigenvalue weighted by Gasteiger charge is 2.29. The van der Waals surface area contributed by atoms with Gasteiger partial charge in [0, 0.05) is 55.3 Å².